The maximum Gasteiger partial charge on any atom is 0.129 e. The first kappa shape index (κ1) is 17.6. The number of anilines is 1. The van der Waals surface area contributed by atoms with Gasteiger partial charge >= 0.3 is 0 Å². The molecule has 2 heterocycles. The Morgan fingerprint density at radius 3 is 2.67 bits per heavy atom. The van der Waals surface area contributed by atoms with E-state index < -0.39 is 6.10 Å². The predicted octanol–water partition coefficient (Wildman–Crippen LogP) is 3.25. The molecule has 0 saturated carbocycles. The van der Waals surface area contributed by atoms with E-state index in [0.717, 1.165) is 21.5 Å². The van der Waals surface area contributed by atoms with Gasteiger partial charge in [-0.3, -0.25) is 0 Å². The van der Waals surface area contributed by atoms with Gasteiger partial charge < -0.3 is 14.7 Å². The van der Waals surface area contributed by atoms with Gasteiger partial charge in [0.05, 0.1) is 17.9 Å². The number of β-amino-alcohol motifs (C(OH)–C–C–N with tert-alkyl or cyclic N) is 1. The second-order valence-corrected chi connectivity index (χ2v) is 7.62. The summed E-state index contributed by atoms with van der Waals surface area (Å²) in [5.41, 5.74) is 2.32. The highest BCUT2D eigenvalue weighted by Crippen LogP contribution is 2.24. The van der Waals surface area contributed by atoms with Crippen molar-refractivity contribution in [2.75, 3.05) is 18.0 Å². The molecule has 0 aliphatic carbocycles. The van der Waals surface area contributed by atoms with Crippen LogP contribution in [0.4, 0.5) is 5.82 Å². The Hall–Kier alpha value is -1.18. The third kappa shape index (κ3) is 4.26. The van der Waals surface area contributed by atoms with E-state index in [-0.39, 0.29) is 12.2 Å². The number of hydrogen-bond acceptors (Lipinski definition) is 4. The van der Waals surface area contributed by atoms with Gasteiger partial charge in [0, 0.05) is 23.1 Å². The number of nitrogens with zero attached hydrogens (tertiary/aromatic N) is 2. The van der Waals surface area contributed by atoms with E-state index in [0.29, 0.717) is 13.1 Å². The molecule has 2 atom stereocenters. The van der Waals surface area contributed by atoms with Gasteiger partial charge in [0.2, 0.25) is 0 Å². The number of benzene rings is 1. The molecular formula is C19H23IN2O2. The summed E-state index contributed by atoms with van der Waals surface area (Å²) in [6.45, 7) is 5.24. The summed E-state index contributed by atoms with van der Waals surface area (Å²) in [6, 6.07) is 14.5. The molecule has 2 aromatic rings. The second kappa shape index (κ2) is 7.80. The Morgan fingerprint density at radius 2 is 1.96 bits per heavy atom. The molecule has 0 spiro atoms. The van der Waals surface area contributed by atoms with Crippen LogP contribution < -0.4 is 4.90 Å². The highest BCUT2D eigenvalue weighted by Gasteiger charge is 2.33. The summed E-state index contributed by atoms with van der Waals surface area (Å²) < 4.78 is 6.97. The molecule has 1 aliphatic rings. The van der Waals surface area contributed by atoms with Gasteiger partial charge in [-0.2, -0.15) is 0 Å². The molecule has 0 radical (unpaired) electrons. The molecule has 1 aromatic heterocycles. The highest BCUT2D eigenvalue weighted by atomic mass is 127. The van der Waals surface area contributed by atoms with Crippen LogP contribution in [0.1, 0.15) is 25.1 Å². The number of halogens is 1. The van der Waals surface area contributed by atoms with E-state index in [4.69, 9.17) is 9.72 Å². The zero-order chi connectivity index (χ0) is 17.1. The summed E-state index contributed by atoms with van der Waals surface area (Å²) in [5, 5.41) is 10.2. The Labute approximate surface area is 157 Å². The number of hydrogen-bond donors (Lipinski definition) is 1. The predicted molar refractivity (Wildman–Crippen MR) is 104 cm³/mol. The van der Waals surface area contributed by atoms with Crippen LogP contribution in [-0.2, 0) is 11.2 Å². The number of pyridine rings is 1. The molecule has 4 nitrogen and oxygen atoms in total. The molecule has 128 valence electrons. The van der Waals surface area contributed by atoms with Gasteiger partial charge in [-0.05, 0) is 54.1 Å². The number of aliphatic hydroxyl groups excluding tert-OH is 1. The smallest absolute Gasteiger partial charge is 0.129 e. The summed E-state index contributed by atoms with van der Waals surface area (Å²) in [5.74, 6) is 0.912. The third-order valence-electron chi connectivity index (χ3n) is 4.13. The molecule has 0 bridgehead atoms. The van der Waals surface area contributed by atoms with Crippen LogP contribution in [0.25, 0.3) is 0 Å². The first-order valence-corrected chi connectivity index (χ1v) is 9.38. The zero-order valence-corrected chi connectivity index (χ0v) is 16.2. The summed E-state index contributed by atoms with van der Waals surface area (Å²) in [6.07, 6.45) is 0.313. The summed E-state index contributed by atoms with van der Waals surface area (Å²) >= 11 is 2.34. The quantitative estimate of drug-likeness (QED) is 0.729. The molecular weight excluding hydrogens is 415 g/mol. The number of ether oxygens (including phenoxy) is 1. The van der Waals surface area contributed by atoms with Gasteiger partial charge in [-0.25, -0.2) is 4.98 Å². The standard InChI is InChI=1S/C19H23IN2O2/c1-13(2)24-18-12-22(11-17(18)23)19-9-8-15(20)16(21-19)10-14-6-4-3-5-7-14/h3-9,13,17-18,23H,10-12H2,1-2H3/t17-,18+/m1/s1. The van der Waals surface area contributed by atoms with Gasteiger partial charge in [0.1, 0.15) is 11.9 Å². The van der Waals surface area contributed by atoms with Crippen LogP contribution in [0, 0.1) is 3.57 Å². The average molecular weight is 438 g/mol. The minimum Gasteiger partial charge on any atom is -0.388 e. The molecule has 1 fully saturated rings. The average Bonchev–Trinajstić information content (AvgIpc) is 2.91. The maximum absolute atomic E-state index is 10.2. The Bertz CT molecular complexity index is 678. The van der Waals surface area contributed by atoms with Gasteiger partial charge in [-0.1, -0.05) is 30.3 Å². The first-order chi connectivity index (χ1) is 11.5. The monoisotopic (exact) mass is 438 g/mol. The summed E-state index contributed by atoms with van der Waals surface area (Å²) in [4.78, 5) is 6.96. The lowest BCUT2D eigenvalue weighted by atomic mass is 10.1. The van der Waals surface area contributed by atoms with Crippen molar-refractivity contribution in [2.45, 2.75) is 38.6 Å². The second-order valence-electron chi connectivity index (χ2n) is 6.46. The van der Waals surface area contributed by atoms with Crippen LogP contribution in [0.5, 0.6) is 0 Å². The lowest BCUT2D eigenvalue weighted by Crippen LogP contribution is -2.29. The van der Waals surface area contributed by atoms with Crippen molar-refractivity contribution >= 4 is 28.4 Å². The van der Waals surface area contributed by atoms with Gasteiger partial charge in [0.25, 0.3) is 0 Å². The van der Waals surface area contributed by atoms with E-state index in [1.807, 2.05) is 26.0 Å². The van der Waals surface area contributed by atoms with Crippen molar-refractivity contribution in [3.05, 3.63) is 57.3 Å². The van der Waals surface area contributed by atoms with Crippen LogP contribution in [0.3, 0.4) is 0 Å². The fourth-order valence-electron chi connectivity index (χ4n) is 2.99. The molecule has 1 saturated heterocycles. The highest BCUT2D eigenvalue weighted by molar-refractivity contribution is 14.1. The summed E-state index contributed by atoms with van der Waals surface area (Å²) in [7, 11) is 0. The largest absolute Gasteiger partial charge is 0.388 e. The molecule has 0 unspecified atom stereocenters. The lowest BCUT2D eigenvalue weighted by Gasteiger charge is -2.19. The normalized spacial score (nSPS) is 20.8. The Kier molecular flexibility index (Phi) is 5.73. The van der Waals surface area contributed by atoms with E-state index in [9.17, 15) is 5.11 Å². The molecule has 1 N–H and O–H groups in total. The lowest BCUT2D eigenvalue weighted by molar-refractivity contribution is -0.0386. The van der Waals surface area contributed by atoms with Crippen LogP contribution in [0.2, 0.25) is 0 Å². The van der Waals surface area contributed by atoms with Crippen molar-refractivity contribution in [1.82, 2.24) is 4.98 Å². The van der Waals surface area contributed by atoms with E-state index in [1.165, 1.54) is 5.56 Å². The molecule has 5 heteroatoms. The van der Waals surface area contributed by atoms with Crippen LogP contribution in [0.15, 0.2) is 42.5 Å². The molecule has 0 amide bonds. The Balaban J connectivity index is 1.76. The van der Waals surface area contributed by atoms with Gasteiger partial charge in [-0.15, -0.1) is 0 Å². The van der Waals surface area contributed by atoms with Crippen molar-refractivity contribution in [3.63, 3.8) is 0 Å². The van der Waals surface area contributed by atoms with Crippen molar-refractivity contribution in [1.29, 1.82) is 0 Å². The number of rotatable bonds is 5. The SMILES string of the molecule is CC(C)O[C@H]1CN(c2ccc(I)c(Cc3ccccc3)n2)C[C@H]1O. The minimum absolute atomic E-state index is 0.114. The van der Waals surface area contributed by atoms with Crippen LogP contribution in [-0.4, -0.2) is 41.5 Å². The van der Waals surface area contributed by atoms with E-state index >= 15 is 0 Å². The first-order valence-electron chi connectivity index (χ1n) is 8.30. The molecule has 1 aromatic carbocycles. The minimum atomic E-state index is -0.467. The van der Waals surface area contributed by atoms with Crippen molar-refractivity contribution < 1.29 is 9.84 Å². The number of aliphatic hydroxyl groups is 1. The topological polar surface area (TPSA) is 45.6 Å². The fourth-order valence-corrected chi connectivity index (χ4v) is 3.48. The molecule has 3 rings (SSSR count). The third-order valence-corrected chi connectivity index (χ3v) is 5.11. The number of aromatic nitrogens is 1. The Morgan fingerprint density at radius 1 is 1.21 bits per heavy atom. The van der Waals surface area contributed by atoms with Crippen molar-refractivity contribution in [3.8, 4) is 0 Å². The molecule has 1 aliphatic heterocycles. The molecule has 24 heavy (non-hydrogen) atoms. The maximum atomic E-state index is 10.2. The van der Waals surface area contributed by atoms with E-state index in [2.05, 4.69) is 57.8 Å². The van der Waals surface area contributed by atoms with E-state index in [1.54, 1.807) is 0 Å². The van der Waals surface area contributed by atoms with Crippen molar-refractivity contribution in [2.24, 2.45) is 0 Å². The van der Waals surface area contributed by atoms with Gasteiger partial charge in [0.15, 0.2) is 0 Å². The zero-order valence-electron chi connectivity index (χ0n) is 14.0. The fraction of sp³-hybridized carbons (Fsp3) is 0.421. The van der Waals surface area contributed by atoms with Crippen LogP contribution >= 0.6 is 22.6 Å².